The van der Waals surface area contributed by atoms with Crippen LogP contribution in [0, 0.1) is 0 Å². The molecule has 0 radical (unpaired) electrons. The van der Waals surface area contributed by atoms with E-state index < -0.39 is 26.4 Å². The Morgan fingerprint density at radius 1 is 1.23 bits per heavy atom. The van der Waals surface area contributed by atoms with Gasteiger partial charge in [-0.05, 0) is 44.5 Å². The second kappa shape index (κ2) is 8.42. The number of carbonyl (C=O) groups excluding carboxylic acids is 1. The highest BCUT2D eigenvalue weighted by Crippen LogP contribution is 2.38. The Kier molecular flexibility index (Phi) is 7.49. The van der Waals surface area contributed by atoms with Gasteiger partial charge >= 0.3 is 6.16 Å². The molecule has 0 amide bonds. The van der Waals surface area contributed by atoms with Gasteiger partial charge in [0, 0.05) is 6.42 Å². The quantitative estimate of drug-likeness (QED) is 0.359. The van der Waals surface area contributed by atoms with Crippen LogP contribution >= 0.6 is 0 Å². The maximum Gasteiger partial charge on any atom is 0.508 e. The maximum absolute atomic E-state index is 11.5. The minimum absolute atomic E-state index is 0.117. The fraction of sp³-hybridized carbons (Fsp3) is 0.842. The van der Waals surface area contributed by atoms with Crippen molar-refractivity contribution in [3.8, 4) is 0 Å². The molecule has 7 heteroatoms. The third-order valence-electron chi connectivity index (χ3n) is 5.10. The lowest BCUT2D eigenvalue weighted by atomic mass is 10.0. The fourth-order valence-corrected chi connectivity index (χ4v) is 3.50. The fourth-order valence-electron chi connectivity index (χ4n) is 2.48. The van der Waals surface area contributed by atoms with Crippen LogP contribution < -0.4 is 0 Å². The second-order valence-electron chi connectivity index (χ2n) is 8.93. The van der Waals surface area contributed by atoms with Crippen molar-refractivity contribution in [3.63, 3.8) is 0 Å². The van der Waals surface area contributed by atoms with Gasteiger partial charge < -0.3 is 23.4 Å². The first kappa shape index (κ1) is 23.1. The highest BCUT2D eigenvalue weighted by molar-refractivity contribution is 6.74. The molecule has 1 aliphatic heterocycles. The standard InChI is InChI=1S/C19H36O6Si/c1-13(2)14(23-17(20)21-8)11-15-16(25-19(6,7)24-15)12-22-26(9,10)18(3,4)5/h14-16H,1,11-12H2,2-10H3/t14-,15+,16+/m1/s1. The van der Waals surface area contributed by atoms with Gasteiger partial charge in [-0.25, -0.2) is 4.79 Å². The Morgan fingerprint density at radius 2 is 1.77 bits per heavy atom. The molecule has 0 aliphatic carbocycles. The van der Waals surface area contributed by atoms with Gasteiger partial charge in [-0.15, -0.1) is 0 Å². The van der Waals surface area contributed by atoms with Crippen molar-refractivity contribution in [1.29, 1.82) is 0 Å². The minimum atomic E-state index is -1.90. The van der Waals surface area contributed by atoms with Crippen LogP contribution in [0.5, 0.6) is 0 Å². The van der Waals surface area contributed by atoms with E-state index in [0.717, 1.165) is 5.57 Å². The zero-order valence-electron chi connectivity index (χ0n) is 17.8. The van der Waals surface area contributed by atoms with Crippen LogP contribution in [0.3, 0.4) is 0 Å². The molecule has 0 aromatic rings. The molecule has 1 aliphatic rings. The van der Waals surface area contributed by atoms with Crippen LogP contribution in [0.2, 0.25) is 18.1 Å². The van der Waals surface area contributed by atoms with Crippen molar-refractivity contribution < 1.29 is 28.2 Å². The summed E-state index contributed by atoms with van der Waals surface area (Å²) in [5.41, 5.74) is 0.729. The topological polar surface area (TPSA) is 63.2 Å². The van der Waals surface area contributed by atoms with Crippen molar-refractivity contribution in [2.75, 3.05) is 13.7 Å². The lowest BCUT2D eigenvalue weighted by Gasteiger charge is -2.37. The molecule has 3 atom stereocenters. The lowest BCUT2D eigenvalue weighted by molar-refractivity contribution is -0.150. The number of methoxy groups -OCH3 is 1. The molecule has 152 valence electrons. The van der Waals surface area contributed by atoms with Crippen LogP contribution in [0.1, 0.15) is 48.0 Å². The van der Waals surface area contributed by atoms with Gasteiger partial charge in [0.2, 0.25) is 0 Å². The summed E-state index contributed by atoms with van der Waals surface area (Å²) in [6, 6.07) is 0. The van der Waals surface area contributed by atoms with Crippen LogP contribution in [-0.2, 0) is 23.4 Å². The van der Waals surface area contributed by atoms with Crippen molar-refractivity contribution in [2.24, 2.45) is 0 Å². The highest BCUT2D eigenvalue weighted by atomic mass is 28.4. The summed E-state index contributed by atoms with van der Waals surface area (Å²) in [7, 11) is -0.617. The van der Waals surface area contributed by atoms with Crippen LogP contribution in [0.4, 0.5) is 4.79 Å². The molecule has 0 aromatic heterocycles. The third kappa shape index (κ3) is 6.37. The Hall–Kier alpha value is -0.893. The first-order valence-corrected chi connectivity index (χ1v) is 12.0. The number of carbonyl (C=O) groups is 1. The zero-order valence-corrected chi connectivity index (χ0v) is 18.8. The Balaban J connectivity index is 2.83. The first-order chi connectivity index (χ1) is 11.7. The van der Waals surface area contributed by atoms with Crippen molar-refractivity contribution in [1.82, 2.24) is 0 Å². The number of hydrogen-bond donors (Lipinski definition) is 0. The van der Waals surface area contributed by atoms with Gasteiger partial charge in [-0.2, -0.15) is 0 Å². The van der Waals surface area contributed by atoms with Gasteiger partial charge in [0.15, 0.2) is 14.1 Å². The molecule has 0 spiro atoms. The van der Waals surface area contributed by atoms with E-state index in [9.17, 15) is 4.79 Å². The van der Waals surface area contributed by atoms with Crippen molar-refractivity contribution >= 4 is 14.5 Å². The van der Waals surface area contributed by atoms with Gasteiger partial charge in [0.1, 0.15) is 12.2 Å². The molecule has 1 heterocycles. The molecule has 1 fully saturated rings. The molecule has 0 unspecified atom stereocenters. The smallest absolute Gasteiger partial charge is 0.438 e. The van der Waals surface area contributed by atoms with Gasteiger partial charge in [-0.3, -0.25) is 0 Å². The summed E-state index contributed by atoms with van der Waals surface area (Å²) < 4.78 is 28.3. The van der Waals surface area contributed by atoms with Crippen molar-refractivity contribution in [2.45, 2.75) is 90.2 Å². The Morgan fingerprint density at radius 3 is 2.23 bits per heavy atom. The summed E-state index contributed by atoms with van der Waals surface area (Å²) in [5, 5.41) is 0.117. The molecule has 0 saturated carbocycles. The maximum atomic E-state index is 11.5. The number of hydrogen-bond acceptors (Lipinski definition) is 6. The van der Waals surface area contributed by atoms with E-state index in [0.29, 0.717) is 13.0 Å². The summed E-state index contributed by atoms with van der Waals surface area (Å²) in [4.78, 5) is 11.5. The molecule has 1 saturated heterocycles. The van der Waals surface area contributed by atoms with Gasteiger partial charge in [0.25, 0.3) is 0 Å². The Labute approximate surface area is 159 Å². The molecular weight excluding hydrogens is 352 g/mol. The van der Waals surface area contributed by atoms with E-state index in [1.807, 2.05) is 20.8 Å². The van der Waals surface area contributed by atoms with Crippen LogP contribution in [-0.4, -0.2) is 52.3 Å². The lowest BCUT2D eigenvalue weighted by Crippen LogP contribution is -2.44. The average Bonchev–Trinajstić information content (AvgIpc) is 2.77. The molecule has 6 nitrogen and oxygen atoms in total. The highest BCUT2D eigenvalue weighted by Gasteiger charge is 2.45. The first-order valence-electron chi connectivity index (χ1n) is 9.08. The molecule has 0 N–H and O–H groups in total. The second-order valence-corrected chi connectivity index (χ2v) is 13.7. The molecule has 26 heavy (non-hydrogen) atoms. The largest absolute Gasteiger partial charge is 0.508 e. The summed E-state index contributed by atoms with van der Waals surface area (Å²) in [6.45, 7) is 21.0. The summed E-state index contributed by atoms with van der Waals surface area (Å²) in [5.74, 6) is -0.711. The SMILES string of the molecule is C=C(C)[C@@H](C[C@@H]1OC(C)(C)O[C@H]1CO[Si](C)(C)C(C)(C)C)OC(=O)OC. The van der Waals surface area contributed by atoms with Gasteiger partial charge in [-0.1, -0.05) is 27.4 Å². The molecular formula is C19H36O6Si. The molecule has 0 aromatic carbocycles. The number of rotatable bonds is 7. The minimum Gasteiger partial charge on any atom is -0.438 e. The van der Waals surface area contributed by atoms with Crippen LogP contribution in [0.15, 0.2) is 12.2 Å². The van der Waals surface area contributed by atoms with E-state index in [2.05, 4.69) is 45.2 Å². The van der Waals surface area contributed by atoms with Gasteiger partial charge in [0.05, 0.1) is 19.8 Å². The predicted molar refractivity (Wildman–Crippen MR) is 104 cm³/mol. The Bertz CT molecular complexity index is 509. The monoisotopic (exact) mass is 388 g/mol. The number of ether oxygens (including phenoxy) is 4. The van der Waals surface area contributed by atoms with E-state index in [1.165, 1.54) is 7.11 Å². The zero-order chi connectivity index (χ0) is 20.3. The van der Waals surface area contributed by atoms with Crippen LogP contribution in [0.25, 0.3) is 0 Å². The van der Waals surface area contributed by atoms with Crippen molar-refractivity contribution in [3.05, 3.63) is 12.2 Å². The molecule has 1 rings (SSSR count). The predicted octanol–water partition coefficient (Wildman–Crippen LogP) is 4.65. The normalized spacial score (nSPS) is 24.2. The van der Waals surface area contributed by atoms with E-state index >= 15 is 0 Å². The molecule has 0 bridgehead atoms. The van der Waals surface area contributed by atoms with E-state index in [1.54, 1.807) is 0 Å². The van der Waals surface area contributed by atoms with E-state index in [4.69, 9.17) is 18.6 Å². The third-order valence-corrected chi connectivity index (χ3v) is 9.60. The summed E-state index contributed by atoms with van der Waals surface area (Å²) >= 11 is 0. The average molecular weight is 389 g/mol. The summed E-state index contributed by atoms with van der Waals surface area (Å²) in [6.07, 6.45) is -1.28. The van der Waals surface area contributed by atoms with E-state index in [-0.39, 0.29) is 17.2 Å².